The Hall–Kier alpha value is -2.02. The van der Waals surface area contributed by atoms with Gasteiger partial charge >= 0.3 is 0 Å². The lowest BCUT2D eigenvalue weighted by Crippen LogP contribution is -2.41. The van der Waals surface area contributed by atoms with Crippen LogP contribution in [-0.2, 0) is 24.1 Å². The number of carbonyl (C=O) groups excluding carboxylic acids is 4. The Morgan fingerprint density at radius 2 is 1.33 bits per heavy atom. The van der Waals surface area contributed by atoms with Gasteiger partial charge in [-0.3, -0.25) is 19.2 Å². The summed E-state index contributed by atoms with van der Waals surface area (Å²) in [5.41, 5.74) is 0. The van der Waals surface area contributed by atoms with Gasteiger partial charge in [0.2, 0.25) is 0 Å². The maximum absolute atomic E-state index is 11.1. The van der Waals surface area contributed by atoms with Gasteiger partial charge in [0.1, 0.15) is 0 Å². The van der Waals surface area contributed by atoms with Crippen molar-refractivity contribution in [2.45, 2.75) is 12.8 Å². The van der Waals surface area contributed by atoms with Crippen molar-refractivity contribution < 1.29 is 24.1 Å². The highest BCUT2D eigenvalue weighted by atomic mass is 16.9. The van der Waals surface area contributed by atoms with Crippen molar-refractivity contribution in [2.75, 3.05) is 0 Å². The molecule has 0 aromatic heterocycles. The number of imide groups is 2. The molecule has 2 aliphatic rings. The standard InChI is InChI=1S/C8H6N2O5/c11-5-1-2-6(12)9(5)15-10-7(13)3-4-8(10)14/h1-2H,3-4H2. The zero-order chi connectivity index (χ0) is 11.0. The second kappa shape index (κ2) is 3.28. The van der Waals surface area contributed by atoms with E-state index in [-0.39, 0.29) is 12.8 Å². The maximum atomic E-state index is 11.1. The molecule has 2 aliphatic heterocycles. The quantitative estimate of drug-likeness (QED) is 0.540. The number of amides is 4. The highest BCUT2D eigenvalue weighted by Gasteiger charge is 2.36. The first-order valence-electron chi connectivity index (χ1n) is 4.19. The Bertz CT molecular complexity index is 366. The fourth-order valence-electron chi connectivity index (χ4n) is 1.20. The Labute approximate surface area is 83.8 Å². The summed E-state index contributed by atoms with van der Waals surface area (Å²) in [5.74, 6) is -2.56. The normalized spacial score (nSPS) is 21.1. The molecule has 4 amide bonds. The van der Waals surface area contributed by atoms with Crippen LogP contribution in [0.2, 0.25) is 0 Å². The summed E-state index contributed by atoms with van der Waals surface area (Å²) >= 11 is 0. The summed E-state index contributed by atoms with van der Waals surface area (Å²) in [6, 6.07) is 0. The summed E-state index contributed by atoms with van der Waals surface area (Å²) in [4.78, 5) is 48.9. The second-order valence-electron chi connectivity index (χ2n) is 2.97. The topological polar surface area (TPSA) is 84.0 Å². The molecule has 1 saturated heterocycles. The van der Waals surface area contributed by atoms with E-state index >= 15 is 0 Å². The van der Waals surface area contributed by atoms with Gasteiger partial charge in [0.15, 0.2) is 0 Å². The lowest BCUT2D eigenvalue weighted by Gasteiger charge is -2.18. The van der Waals surface area contributed by atoms with Crippen LogP contribution >= 0.6 is 0 Å². The SMILES string of the molecule is O=C1C=CC(=O)N1ON1C(=O)CCC1=O. The Morgan fingerprint density at radius 3 is 1.80 bits per heavy atom. The van der Waals surface area contributed by atoms with Gasteiger partial charge in [0, 0.05) is 25.0 Å². The van der Waals surface area contributed by atoms with E-state index in [1.54, 1.807) is 0 Å². The molecule has 1 fully saturated rings. The molecule has 2 heterocycles. The highest BCUT2D eigenvalue weighted by Crippen LogP contribution is 2.15. The monoisotopic (exact) mass is 210 g/mol. The average Bonchev–Trinajstić information content (AvgIpc) is 2.67. The molecule has 78 valence electrons. The molecule has 0 aromatic carbocycles. The van der Waals surface area contributed by atoms with Gasteiger partial charge < -0.3 is 0 Å². The van der Waals surface area contributed by atoms with E-state index in [4.69, 9.17) is 0 Å². The molecular weight excluding hydrogens is 204 g/mol. The van der Waals surface area contributed by atoms with Crippen molar-refractivity contribution in [3.63, 3.8) is 0 Å². The molecule has 2 rings (SSSR count). The van der Waals surface area contributed by atoms with Crippen LogP contribution in [0.5, 0.6) is 0 Å². The molecule has 0 spiro atoms. The second-order valence-corrected chi connectivity index (χ2v) is 2.97. The van der Waals surface area contributed by atoms with Crippen molar-refractivity contribution in [1.82, 2.24) is 10.1 Å². The van der Waals surface area contributed by atoms with Crippen LogP contribution in [-0.4, -0.2) is 33.8 Å². The number of hydroxylamine groups is 4. The van der Waals surface area contributed by atoms with Crippen LogP contribution < -0.4 is 0 Å². The van der Waals surface area contributed by atoms with Gasteiger partial charge in [-0.1, -0.05) is 0 Å². The maximum Gasteiger partial charge on any atom is 0.279 e. The van der Waals surface area contributed by atoms with E-state index in [9.17, 15) is 19.2 Å². The highest BCUT2D eigenvalue weighted by molar-refractivity contribution is 6.12. The molecule has 7 heteroatoms. The molecule has 0 aliphatic carbocycles. The Morgan fingerprint density at radius 1 is 0.867 bits per heavy atom. The third-order valence-corrected chi connectivity index (χ3v) is 1.94. The first-order valence-corrected chi connectivity index (χ1v) is 4.19. The smallest absolute Gasteiger partial charge is 0.272 e. The van der Waals surface area contributed by atoms with E-state index in [1.807, 2.05) is 0 Å². The Kier molecular flexibility index (Phi) is 2.09. The largest absolute Gasteiger partial charge is 0.279 e. The summed E-state index contributed by atoms with van der Waals surface area (Å²) in [7, 11) is 0. The fourth-order valence-corrected chi connectivity index (χ4v) is 1.20. The minimum atomic E-state index is -0.715. The zero-order valence-corrected chi connectivity index (χ0v) is 7.50. The lowest BCUT2D eigenvalue weighted by atomic mass is 10.4. The molecule has 0 aromatic rings. The molecule has 0 radical (unpaired) electrons. The van der Waals surface area contributed by atoms with Crippen LogP contribution in [0.3, 0.4) is 0 Å². The van der Waals surface area contributed by atoms with Gasteiger partial charge in [-0.25, -0.2) is 0 Å². The molecule has 7 nitrogen and oxygen atoms in total. The van der Waals surface area contributed by atoms with Crippen LogP contribution in [0.15, 0.2) is 12.2 Å². The molecule has 0 saturated carbocycles. The third-order valence-electron chi connectivity index (χ3n) is 1.94. The van der Waals surface area contributed by atoms with Crippen molar-refractivity contribution in [1.29, 1.82) is 0 Å². The number of rotatable bonds is 2. The predicted molar refractivity (Wildman–Crippen MR) is 43.2 cm³/mol. The number of carbonyl (C=O) groups is 4. The number of hydrogen-bond acceptors (Lipinski definition) is 5. The molecule has 15 heavy (non-hydrogen) atoms. The first kappa shape index (κ1) is 9.53. The molecule has 0 unspecified atom stereocenters. The summed E-state index contributed by atoms with van der Waals surface area (Å²) < 4.78 is 0. The van der Waals surface area contributed by atoms with Gasteiger partial charge in [0.05, 0.1) is 0 Å². The molecule has 0 atom stereocenters. The van der Waals surface area contributed by atoms with Crippen molar-refractivity contribution >= 4 is 23.6 Å². The first-order chi connectivity index (χ1) is 7.09. The third kappa shape index (κ3) is 1.52. The molecular formula is C8H6N2O5. The average molecular weight is 210 g/mol. The van der Waals surface area contributed by atoms with Crippen molar-refractivity contribution in [2.24, 2.45) is 0 Å². The van der Waals surface area contributed by atoms with Crippen LogP contribution in [0.1, 0.15) is 12.8 Å². The predicted octanol–water partition coefficient (Wildman–Crippen LogP) is -1.09. The van der Waals surface area contributed by atoms with Gasteiger partial charge in [0.25, 0.3) is 23.6 Å². The van der Waals surface area contributed by atoms with Crippen molar-refractivity contribution in [3.8, 4) is 0 Å². The molecule has 0 N–H and O–H groups in total. The Balaban J connectivity index is 2.09. The zero-order valence-electron chi connectivity index (χ0n) is 7.50. The van der Waals surface area contributed by atoms with E-state index < -0.39 is 23.6 Å². The van der Waals surface area contributed by atoms with Crippen molar-refractivity contribution in [3.05, 3.63) is 12.2 Å². The number of hydrogen-bond donors (Lipinski definition) is 0. The summed E-state index contributed by atoms with van der Waals surface area (Å²) in [6.07, 6.45) is 2.05. The lowest BCUT2D eigenvalue weighted by molar-refractivity contribution is -0.267. The van der Waals surface area contributed by atoms with E-state index in [1.165, 1.54) is 0 Å². The minimum Gasteiger partial charge on any atom is -0.272 e. The van der Waals surface area contributed by atoms with Crippen LogP contribution in [0.25, 0.3) is 0 Å². The minimum absolute atomic E-state index is 0.0302. The van der Waals surface area contributed by atoms with Crippen LogP contribution in [0.4, 0.5) is 0 Å². The summed E-state index contributed by atoms with van der Waals surface area (Å²) in [5, 5.41) is 0.796. The van der Waals surface area contributed by atoms with Gasteiger partial charge in [-0.15, -0.1) is 15.1 Å². The van der Waals surface area contributed by atoms with Gasteiger partial charge in [-0.2, -0.15) is 0 Å². The molecule has 0 bridgehead atoms. The van der Waals surface area contributed by atoms with Crippen LogP contribution in [0, 0.1) is 0 Å². The van der Waals surface area contributed by atoms with E-state index in [0.29, 0.717) is 10.1 Å². The fraction of sp³-hybridized carbons (Fsp3) is 0.250. The summed E-state index contributed by atoms with van der Waals surface area (Å²) in [6.45, 7) is 0. The van der Waals surface area contributed by atoms with Gasteiger partial charge in [-0.05, 0) is 0 Å². The number of nitrogens with zero attached hydrogens (tertiary/aromatic N) is 2. The van der Waals surface area contributed by atoms with E-state index in [0.717, 1.165) is 12.2 Å². The van der Waals surface area contributed by atoms with E-state index in [2.05, 4.69) is 4.94 Å².